The smallest absolute Gasteiger partial charge is 0.281 e. The first-order valence-corrected chi connectivity index (χ1v) is 20.9. The Balaban J connectivity index is 0.795. The van der Waals surface area contributed by atoms with E-state index in [1.807, 2.05) is 9.80 Å². The molecule has 6 amide bonds. The number of carbonyl (C=O) groups is 6. The Labute approximate surface area is 355 Å². The number of halogens is 2. The van der Waals surface area contributed by atoms with Crippen LogP contribution in [0.2, 0.25) is 0 Å². The number of carbonyl (C=O) groups excluding carboxylic acids is 6. The zero-order chi connectivity index (χ0) is 43.8. The molecule has 1 atom stereocenters. The van der Waals surface area contributed by atoms with Crippen molar-refractivity contribution in [3.05, 3.63) is 41.2 Å². The van der Waals surface area contributed by atoms with Gasteiger partial charge in [0.05, 0.1) is 29.9 Å². The fourth-order valence-corrected chi connectivity index (χ4v) is 7.78. The van der Waals surface area contributed by atoms with E-state index in [1.54, 1.807) is 23.1 Å². The van der Waals surface area contributed by atoms with Crippen molar-refractivity contribution in [2.45, 2.75) is 70.3 Å². The van der Waals surface area contributed by atoms with Gasteiger partial charge in [-0.3, -0.25) is 39.0 Å². The molecule has 7 rings (SSSR count). The van der Waals surface area contributed by atoms with E-state index in [9.17, 15) is 37.5 Å². The molecular formula is C40H49F2N13O7. The van der Waals surface area contributed by atoms with Gasteiger partial charge in [0, 0.05) is 83.5 Å². The van der Waals surface area contributed by atoms with Crippen molar-refractivity contribution in [2.75, 3.05) is 86.4 Å². The summed E-state index contributed by atoms with van der Waals surface area (Å²) in [6, 6.07) is 3.95. The maximum absolute atomic E-state index is 14.0. The van der Waals surface area contributed by atoms with Crippen molar-refractivity contribution in [2.24, 2.45) is 0 Å². The predicted molar refractivity (Wildman–Crippen MR) is 219 cm³/mol. The Kier molecular flexibility index (Phi) is 14.0. The summed E-state index contributed by atoms with van der Waals surface area (Å²) in [7, 11) is 0. The molecule has 330 valence electrons. The van der Waals surface area contributed by atoms with Crippen LogP contribution >= 0.6 is 0 Å². The minimum atomic E-state index is -2.94. The summed E-state index contributed by atoms with van der Waals surface area (Å²) < 4.78 is 33.4. The van der Waals surface area contributed by atoms with Crippen molar-refractivity contribution in [1.82, 2.24) is 45.4 Å². The van der Waals surface area contributed by atoms with Gasteiger partial charge in [-0.05, 0) is 31.4 Å². The SMILES string of the molecule is Nc1ncc(-c2nc(N3CCOCC3)nc(N3CCN(C(=O)CCC(=O)NCCCCCCCNc4cccc5c4C(=O)N(C4CCC(=O)NC4=O)C5=O)CC3)n2)c(C(F)F)n1. The minimum Gasteiger partial charge on any atom is -0.384 e. The first-order valence-electron chi connectivity index (χ1n) is 20.9. The number of nitrogens with zero attached hydrogens (tertiary/aromatic N) is 9. The van der Waals surface area contributed by atoms with E-state index in [0.717, 1.165) is 37.0 Å². The second-order valence-electron chi connectivity index (χ2n) is 15.3. The molecule has 0 bridgehead atoms. The number of rotatable bonds is 17. The van der Waals surface area contributed by atoms with Gasteiger partial charge in [-0.1, -0.05) is 25.3 Å². The van der Waals surface area contributed by atoms with Crippen LogP contribution in [0.5, 0.6) is 0 Å². The number of piperidine rings is 1. The van der Waals surface area contributed by atoms with E-state index in [1.165, 1.54) is 6.20 Å². The highest BCUT2D eigenvalue weighted by atomic mass is 19.3. The zero-order valence-electron chi connectivity index (χ0n) is 34.1. The largest absolute Gasteiger partial charge is 0.384 e. The number of benzene rings is 1. The van der Waals surface area contributed by atoms with E-state index >= 15 is 0 Å². The lowest BCUT2D eigenvalue weighted by atomic mass is 10.0. The van der Waals surface area contributed by atoms with Crippen LogP contribution in [0.1, 0.15) is 90.6 Å². The van der Waals surface area contributed by atoms with Crippen molar-refractivity contribution in [1.29, 1.82) is 0 Å². The summed E-state index contributed by atoms with van der Waals surface area (Å²) in [4.78, 5) is 104. The number of alkyl halides is 2. The number of aromatic nitrogens is 5. The molecule has 0 radical (unpaired) electrons. The fourth-order valence-electron chi connectivity index (χ4n) is 7.78. The number of anilines is 4. The number of imide groups is 2. The first-order chi connectivity index (χ1) is 30.0. The monoisotopic (exact) mass is 861 g/mol. The molecule has 5 N–H and O–H groups in total. The average Bonchev–Trinajstić information content (AvgIpc) is 3.53. The average molecular weight is 862 g/mol. The molecule has 0 saturated carbocycles. The van der Waals surface area contributed by atoms with Gasteiger partial charge in [0.25, 0.3) is 18.2 Å². The molecule has 1 aromatic carbocycles. The van der Waals surface area contributed by atoms with Gasteiger partial charge >= 0.3 is 0 Å². The summed E-state index contributed by atoms with van der Waals surface area (Å²) in [6.07, 6.45) is 2.78. The van der Waals surface area contributed by atoms with E-state index in [4.69, 9.17) is 10.5 Å². The van der Waals surface area contributed by atoms with Crippen LogP contribution in [0.15, 0.2) is 24.4 Å². The van der Waals surface area contributed by atoms with Crippen molar-refractivity contribution >= 4 is 59.0 Å². The van der Waals surface area contributed by atoms with E-state index in [0.29, 0.717) is 77.2 Å². The number of fused-ring (bicyclic) bond motifs is 1. The Hall–Kier alpha value is -6.45. The number of nitrogen functional groups attached to an aromatic ring is 1. The zero-order valence-corrected chi connectivity index (χ0v) is 34.1. The Morgan fingerprint density at radius 2 is 1.53 bits per heavy atom. The normalized spacial score (nSPS) is 18.0. The van der Waals surface area contributed by atoms with Crippen molar-refractivity contribution < 1.29 is 42.3 Å². The summed E-state index contributed by atoms with van der Waals surface area (Å²) >= 11 is 0. The van der Waals surface area contributed by atoms with E-state index in [-0.39, 0.29) is 71.9 Å². The number of nitrogens with two attached hydrogens (primary N) is 1. The van der Waals surface area contributed by atoms with Gasteiger partial charge in [-0.15, -0.1) is 0 Å². The highest BCUT2D eigenvalue weighted by Crippen LogP contribution is 2.33. The molecule has 4 aliphatic heterocycles. The maximum Gasteiger partial charge on any atom is 0.281 e. The molecule has 20 nitrogen and oxygen atoms in total. The quantitative estimate of drug-likeness (QED) is 0.111. The molecule has 0 spiro atoms. The minimum absolute atomic E-state index is 0.0147. The van der Waals surface area contributed by atoms with Crippen molar-refractivity contribution in [3.63, 3.8) is 0 Å². The second kappa shape index (κ2) is 19.9. The van der Waals surface area contributed by atoms with Crippen LogP contribution in [0, 0.1) is 0 Å². The second-order valence-corrected chi connectivity index (χ2v) is 15.3. The number of hydrogen-bond donors (Lipinski definition) is 4. The third-order valence-electron chi connectivity index (χ3n) is 11.1. The summed E-state index contributed by atoms with van der Waals surface area (Å²) in [6.45, 7) is 4.43. The van der Waals surface area contributed by atoms with Crippen LogP contribution < -0.4 is 31.5 Å². The third-order valence-corrected chi connectivity index (χ3v) is 11.1. The number of amides is 6. The molecule has 2 aromatic heterocycles. The van der Waals surface area contributed by atoms with E-state index in [2.05, 4.69) is 40.9 Å². The Morgan fingerprint density at radius 1 is 0.839 bits per heavy atom. The van der Waals surface area contributed by atoms with Gasteiger partial charge in [0.2, 0.25) is 41.5 Å². The van der Waals surface area contributed by atoms with Gasteiger partial charge in [0.15, 0.2) is 5.82 Å². The molecular weight excluding hydrogens is 813 g/mol. The number of nitrogens with one attached hydrogen (secondary N) is 3. The summed E-state index contributed by atoms with van der Waals surface area (Å²) in [5.41, 5.74) is 5.93. The van der Waals surface area contributed by atoms with E-state index < -0.39 is 41.8 Å². The van der Waals surface area contributed by atoms with Crippen LogP contribution in [0.3, 0.4) is 0 Å². The molecule has 1 unspecified atom stereocenters. The lowest BCUT2D eigenvalue weighted by Crippen LogP contribution is -2.54. The third kappa shape index (κ3) is 10.2. The number of morpholine rings is 1. The molecule has 62 heavy (non-hydrogen) atoms. The maximum atomic E-state index is 14.0. The fraction of sp³-hybridized carbons (Fsp3) is 0.525. The number of piperazine rings is 1. The molecule has 6 heterocycles. The van der Waals surface area contributed by atoms with Crippen LogP contribution in [0.25, 0.3) is 11.4 Å². The highest BCUT2D eigenvalue weighted by molar-refractivity contribution is 6.25. The molecule has 22 heteroatoms. The van der Waals surface area contributed by atoms with Gasteiger partial charge in [-0.25, -0.2) is 18.7 Å². The lowest BCUT2D eigenvalue weighted by molar-refractivity contribution is -0.136. The van der Waals surface area contributed by atoms with Crippen LogP contribution in [-0.4, -0.2) is 142 Å². The lowest BCUT2D eigenvalue weighted by Gasteiger charge is -2.35. The van der Waals surface area contributed by atoms with Gasteiger partial charge < -0.3 is 35.8 Å². The summed E-state index contributed by atoms with van der Waals surface area (Å²) in [5, 5.41) is 8.34. The van der Waals surface area contributed by atoms with Gasteiger partial charge in [-0.2, -0.15) is 15.0 Å². The topological polar surface area (TPSA) is 251 Å². The molecule has 4 aliphatic rings. The molecule has 3 aromatic rings. The highest BCUT2D eigenvalue weighted by Gasteiger charge is 2.45. The summed E-state index contributed by atoms with van der Waals surface area (Å²) in [5.74, 6) is -2.27. The van der Waals surface area contributed by atoms with Crippen LogP contribution in [0.4, 0.5) is 32.3 Å². The number of unbranched alkanes of at least 4 members (excludes halogenated alkanes) is 4. The predicted octanol–water partition coefficient (Wildman–Crippen LogP) is 1.69. The number of hydrogen-bond acceptors (Lipinski definition) is 16. The standard InChI is InChI=1S/C40H49F2N13O7/c41-33(42)32-25(23-46-38(43)48-32)34-49-39(51-40(50-34)54-19-21-62-22-20-54)53-17-15-52(16-18-53)30(58)12-11-28(56)45-14-5-3-1-2-4-13-44-26-8-6-7-24-31(26)37(61)55(36(24)60)27-9-10-29(57)47-35(27)59/h6-8,23,27,33,44H,1-5,9-22H2,(H,45,56)(H2,43,46,48)(H,47,57,59). The van der Waals surface area contributed by atoms with Gasteiger partial charge in [0.1, 0.15) is 11.7 Å². The first kappa shape index (κ1) is 43.6. The Morgan fingerprint density at radius 3 is 2.24 bits per heavy atom. The van der Waals surface area contributed by atoms with Crippen molar-refractivity contribution in [3.8, 4) is 11.4 Å². The molecule has 3 saturated heterocycles. The Bertz CT molecular complexity index is 2180. The molecule has 0 aliphatic carbocycles. The molecule has 3 fully saturated rings. The van der Waals surface area contributed by atoms with Crippen LogP contribution in [-0.2, 0) is 23.9 Å². The number of ether oxygens (including phenoxy) is 1.